The van der Waals surface area contributed by atoms with Gasteiger partial charge >= 0.3 is 0 Å². The molecule has 22 heavy (non-hydrogen) atoms. The predicted octanol–water partition coefficient (Wildman–Crippen LogP) is 3.24. The highest BCUT2D eigenvalue weighted by Crippen LogP contribution is 2.11. The van der Waals surface area contributed by atoms with Crippen LogP contribution in [0, 0.1) is 11.6 Å². The second kappa shape index (κ2) is 7.79. The largest absolute Gasteiger partial charge is 0.326 e. The first-order valence-corrected chi connectivity index (χ1v) is 8.17. The molecular formula is C16H15F2NO2S. The lowest BCUT2D eigenvalue weighted by molar-refractivity contribution is -0.115. The maximum absolute atomic E-state index is 13.4. The molecule has 0 saturated carbocycles. The molecule has 0 bridgehead atoms. The minimum absolute atomic E-state index is 0.0540. The third-order valence-electron chi connectivity index (χ3n) is 2.96. The predicted molar refractivity (Wildman–Crippen MR) is 82.8 cm³/mol. The zero-order chi connectivity index (χ0) is 15.9. The van der Waals surface area contributed by atoms with Crippen molar-refractivity contribution >= 4 is 22.4 Å². The molecule has 1 amide bonds. The normalized spacial score (nSPS) is 11.9. The van der Waals surface area contributed by atoms with E-state index in [0.29, 0.717) is 11.3 Å². The SMILES string of the molecule is O=C(CC[S@@](=O)Cc1ccccc1F)Nc1ccc(F)cc1. The molecule has 1 N–H and O–H groups in total. The molecule has 2 rings (SSSR count). The van der Waals surface area contributed by atoms with Crippen molar-refractivity contribution in [3.8, 4) is 0 Å². The maximum atomic E-state index is 13.4. The number of rotatable bonds is 6. The summed E-state index contributed by atoms with van der Waals surface area (Å²) >= 11 is 0. The highest BCUT2D eigenvalue weighted by molar-refractivity contribution is 7.84. The molecule has 0 fully saturated rings. The van der Waals surface area contributed by atoms with Crippen molar-refractivity contribution in [2.24, 2.45) is 0 Å². The van der Waals surface area contributed by atoms with Crippen LogP contribution in [0.25, 0.3) is 0 Å². The van der Waals surface area contributed by atoms with E-state index in [0.717, 1.165) is 0 Å². The monoisotopic (exact) mass is 323 g/mol. The number of hydrogen-bond acceptors (Lipinski definition) is 2. The molecule has 2 aromatic carbocycles. The van der Waals surface area contributed by atoms with Crippen molar-refractivity contribution in [1.82, 2.24) is 0 Å². The molecule has 3 nitrogen and oxygen atoms in total. The average Bonchev–Trinajstić information content (AvgIpc) is 2.50. The molecule has 0 heterocycles. The van der Waals surface area contributed by atoms with Gasteiger partial charge in [-0.1, -0.05) is 18.2 Å². The van der Waals surface area contributed by atoms with E-state index < -0.39 is 16.6 Å². The van der Waals surface area contributed by atoms with Crippen LogP contribution in [0.4, 0.5) is 14.5 Å². The van der Waals surface area contributed by atoms with E-state index in [4.69, 9.17) is 0 Å². The first-order valence-electron chi connectivity index (χ1n) is 6.68. The Balaban J connectivity index is 1.79. The lowest BCUT2D eigenvalue weighted by Crippen LogP contribution is -2.15. The van der Waals surface area contributed by atoms with Crippen LogP contribution in [0.15, 0.2) is 48.5 Å². The van der Waals surface area contributed by atoms with Gasteiger partial charge in [-0.25, -0.2) is 8.78 Å². The first-order chi connectivity index (χ1) is 10.5. The van der Waals surface area contributed by atoms with Gasteiger partial charge in [0.1, 0.15) is 11.6 Å². The molecule has 0 saturated heterocycles. The highest BCUT2D eigenvalue weighted by Gasteiger charge is 2.09. The van der Waals surface area contributed by atoms with Crippen LogP contribution in [0.5, 0.6) is 0 Å². The molecule has 0 aliphatic carbocycles. The van der Waals surface area contributed by atoms with Crippen LogP contribution < -0.4 is 5.32 Å². The first kappa shape index (κ1) is 16.3. The van der Waals surface area contributed by atoms with Gasteiger partial charge in [0.05, 0.1) is 5.75 Å². The van der Waals surface area contributed by atoms with Gasteiger partial charge in [-0.05, 0) is 30.3 Å². The second-order valence-corrected chi connectivity index (χ2v) is 6.26. The zero-order valence-corrected chi connectivity index (χ0v) is 12.5. The maximum Gasteiger partial charge on any atom is 0.225 e. The molecule has 0 spiro atoms. The highest BCUT2D eigenvalue weighted by atomic mass is 32.2. The van der Waals surface area contributed by atoms with Crippen LogP contribution >= 0.6 is 0 Å². The van der Waals surface area contributed by atoms with E-state index >= 15 is 0 Å². The molecule has 2 aromatic rings. The van der Waals surface area contributed by atoms with Gasteiger partial charge in [-0.15, -0.1) is 0 Å². The Morgan fingerprint density at radius 3 is 2.41 bits per heavy atom. The third-order valence-corrected chi connectivity index (χ3v) is 4.25. The Labute approximate surface area is 129 Å². The molecule has 6 heteroatoms. The lowest BCUT2D eigenvalue weighted by Gasteiger charge is -2.06. The van der Waals surface area contributed by atoms with E-state index in [9.17, 15) is 17.8 Å². The fourth-order valence-corrected chi connectivity index (χ4v) is 2.96. The van der Waals surface area contributed by atoms with E-state index in [1.165, 1.54) is 30.3 Å². The number of benzene rings is 2. The van der Waals surface area contributed by atoms with E-state index in [2.05, 4.69) is 5.32 Å². The molecule has 0 radical (unpaired) electrons. The smallest absolute Gasteiger partial charge is 0.225 e. The van der Waals surface area contributed by atoms with Crippen LogP contribution in [0.2, 0.25) is 0 Å². The van der Waals surface area contributed by atoms with E-state index in [1.807, 2.05) is 0 Å². The van der Waals surface area contributed by atoms with Gasteiger partial charge in [0.25, 0.3) is 0 Å². The van der Waals surface area contributed by atoms with Crippen molar-refractivity contribution in [1.29, 1.82) is 0 Å². The summed E-state index contributed by atoms with van der Waals surface area (Å²) in [6, 6.07) is 11.5. The van der Waals surface area contributed by atoms with Crippen molar-refractivity contribution in [3.63, 3.8) is 0 Å². The summed E-state index contributed by atoms with van der Waals surface area (Å²) in [5.41, 5.74) is 0.853. The fraction of sp³-hybridized carbons (Fsp3) is 0.188. The summed E-state index contributed by atoms with van der Waals surface area (Å²) in [5, 5.41) is 2.59. The standard InChI is InChI=1S/C16H15F2NO2S/c17-13-5-7-14(8-6-13)19-16(20)9-10-22(21)11-12-3-1-2-4-15(12)18/h1-8H,9-11H2,(H,19,20)/t22-/m1/s1. The van der Waals surface area contributed by atoms with Gasteiger partial charge in [0.15, 0.2) is 0 Å². The molecule has 1 atom stereocenters. The summed E-state index contributed by atoms with van der Waals surface area (Å²) in [7, 11) is -1.32. The third kappa shape index (κ3) is 5.04. The number of amides is 1. The molecule has 0 unspecified atom stereocenters. The Morgan fingerprint density at radius 1 is 1.05 bits per heavy atom. The van der Waals surface area contributed by atoms with Gasteiger partial charge in [0, 0.05) is 34.2 Å². The quantitative estimate of drug-likeness (QED) is 0.887. The molecule has 116 valence electrons. The van der Waals surface area contributed by atoms with Gasteiger partial charge < -0.3 is 5.32 Å². The Kier molecular flexibility index (Phi) is 5.77. The van der Waals surface area contributed by atoms with Crippen LogP contribution in [-0.2, 0) is 21.3 Å². The summed E-state index contributed by atoms with van der Waals surface area (Å²) in [6.07, 6.45) is 0.0540. The van der Waals surface area contributed by atoms with Crippen LogP contribution in [-0.4, -0.2) is 15.9 Å². The van der Waals surface area contributed by atoms with Crippen molar-refractivity contribution in [3.05, 3.63) is 65.7 Å². The molecule has 0 aromatic heterocycles. The van der Waals surface area contributed by atoms with Gasteiger partial charge in [-0.3, -0.25) is 9.00 Å². The Hall–Kier alpha value is -2.08. The summed E-state index contributed by atoms with van der Waals surface area (Å²) in [5.74, 6) is -0.873. The topological polar surface area (TPSA) is 46.2 Å². The number of hydrogen-bond donors (Lipinski definition) is 1. The van der Waals surface area contributed by atoms with Crippen LogP contribution in [0.3, 0.4) is 0 Å². The van der Waals surface area contributed by atoms with Gasteiger partial charge in [0.2, 0.25) is 5.91 Å². The zero-order valence-electron chi connectivity index (χ0n) is 11.7. The minimum Gasteiger partial charge on any atom is -0.326 e. The van der Waals surface area contributed by atoms with E-state index in [-0.39, 0.29) is 29.7 Å². The van der Waals surface area contributed by atoms with Crippen LogP contribution in [0.1, 0.15) is 12.0 Å². The Bertz CT molecular complexity index is 674. The number of nitrogens with one attached hydrogen (secondary N) is 1. The van der Waals surface area contributed by atoms with Crippen molar-refractivity contribution in [2.45, 2.75) is 12.2 Å². The number of halogens is 2. The second-order valence-electron chi connectivity index (χ2n) is 4.68. The fourth-order valence-electron chi connectivity index (χ4n) is 1.82. The Morgan fingerprint density at radius 2 is 1.73 bits per heavy atom. The number of anilines is 1. The van der Waals surface area contributed by atoms with Gasteiger partial charge in [-0.2, -0.15) is 0 Å². The minimum atomic E-state index is -1.32. The summed E-state index contributed by atoms with van der Waals surface area (Å²) < 4.78 is 38.0. The molecule has 0 aliphatic heterocycles. The number of carbonyl (C=O) groups excluding carboxylic acids is 1. The summed E-state index contributed by atoms with van der Waals surface area (Å²) in [6.45, 7) is 0. The van der Waals surface area contributed by atoms with E-state index in [1.54, 1.807) is 18.2 Å². The van der Waals surface area contributed by atoms with Crippen molar-refractivity contribution in [2.75, 3.05) is 11.1 Å². The number of carbonyl (C=O) groups is 1. The average molecular weight is 323 g/mol. The summed E-state index contributed by atoms with van der Waals surface area (Å²) in [4.78, 5) is 11.7. The van der Waals surface area contributed by atoms with Crippen molar-refractivity contribution < 1.29 is 17.8 Å². The lowest BCUT2D eigenvalue weighted by atomic mass is 10.2. The molecule has 0 aliphatic rings. The molecular weight excluding hydrogens is 308 g/mol.